The lowest BCUT2D eigenvalue weighted by Gasteiger charge is -1.95. The molecule has 0 amide bonds. The lowest BCUT2D eigenvalue weighted by Crippen LogP contribution is -2.03. The standard InChI is InChI=1S/C8H12O4.ClH/c1-3-11-7(9)5-6-8(10)12-4-2;/h5-6H,3-4H2,1-2H3;1H/b6-5+;. The van der Waals surface area contributed by atoms with Gasteiger partial charge in [-0.05, 0) is 13.8 Å². The molecular weight excluding hydrogens is 196 g/mol. The van der Waals surface area contributed by atoms with Crippen LogP contribution < -0.4 is 0 Å². The molecule has 0 aliphatic carbocycles. The number of hydrogen-bond acceptors (Lipinski definition) is 4. The molecule has 0 saturated heterocycles. The van der Waals surface area contributed by atoms with E-state index in [1.807, 2.05) is 0 Å². The maximum absolute atomic E-state index is 10.6. The van der Waals surface area contributed by atoms with E-state index in [4.69, 9.17) is 0 Å². The van der Waals surface area contributed by atoms with Crippen molar-refractivity contribution >= 4 is 24.3 Å². The van der Waals surface area contributed by atoms with Crippen molar-refractivity contribution in [3.05, 3.63) is 12.2 Å². The highest BCUT2D eigenvalue weighted by Crippen LogP contribution is 1.84. The Hall–Kier alpha value is -1.03. The Labute approximate surface area is 83.3 Å². The van der Waals surface area contributed by atoms with E-state index in [1.54, 1.807) is 13.8 Å². The number of carbonyl (C=O) groups excluding carboxylic acids is 2. The smallest absolute Gasteiger partial charge is 0.330 e. The van der Waals surface area contributed by atoms with Crippen LogP contribution in [0.5, 0.6) is 0 Å². The number of hydrogen-bond donors (Lipinski definition) is 0. The molecule has 0 unspecified atom stereocenters. The van der Waals surface area contributed by atoms with Crippen LogP contribution in [0.1, 0.15) is 13.8 Å². The fourth-order valence-corrected chi connectivity index (χ4v) is 0.517. The molecule has 0 aromatic carbocycles. The number of carbonyl (C=O) groups is 2. The number of rotatable bonds is 4. The molecule has 0 aliphatic rings. The number of ether oxygens (including phenoxy) is 2. The van der Waals surface area contributed by atoms with Crippen molar-refractivity contribution in [1.29, 1.82) is 0 Å². The number of esters is 2. The lowest BCUT2D eigenvalue weighted by molar-refractivity contribution is -0.140. The van der Waals surface area contributed by atoms with Gasteiger partial charge in [-0.25, -0.2) is 9.59 Å². The lowest BCUT2D eigenvalue weighted by atomic mass is 10.5. The summed E-state index contributed by atoms with van der Waals surface area (Å²) in [5, 5.41) is 0. The molecule has 0 heterocycles. The van der Waals surface area contributed by atoms with Crippen molar-refractivity contribution in [3.8, 4) is 0 Å². The first-order chi connectivity index (χ1) is 5.70. The Kier molecular flexibility index (Phi) is 10.1. The molecule has 0 aliphatic heterocycles. The first kappa shape index (κ1) is 14.5. The molecule has 4 nitrogen and oxygen atoms in total. The van der Waals surface area contributed by atoms with Crippen LogP contribution in [0, 0.1) is 0 Å². The highest BCUT2D eigenvalue weighted by atomic mass is 35.5. The van der Waals surface area contributed by atoms with E-state index in [9.17, 15) is 9.59 Å². The van der Waals surface area contributed by atoms with Crippen LogP contribution in [0.2, 0.25) is 0 Å². The van der Waals surface area contributed by atoms with Gasteiger partial charge in [0.15, 0.2) is 0 Å². The third kappa shape index (κ3) is 8.88. The van der Waals surface area contributed by atoms with Gasteiger partial charge >= 0.3 is 11.9 Å². The Morgan fingerprint density at radius 1 is 1.00 bits per heavy atom. The molecule has 0 aromatic rings. The molecule has 0 rings (SSSR count). The van der Waals surface area contributed by atoms with E-state index in [0.29, 0.717) is 13.2 Å². The topological polar surface area (TPSA) is 52.6 Å². The zero-order valence-electron chi connectivity index (χ0n) is 7.61. The summed E-state index contributed by atoms with van der Waals surface area (Å²) in [7, 11) is 0. The van der Waals surface area contributed by atoms with Gasteiger partial charge in [-0.3, -0.25) is 0 Å². The molecule has 76 valence electrons. The molecule has 0 atom stereocenters. The Bertz CT molecular complexity index is 169. The van der Waals surface area contributed by atoms with Crippen molar-refractivity contribution in [2.45, 2.75) is 13.8 Å². The van der Waals surface area contributed by atoms with Crippen LogP contribution in [0.3, 0.4) is 0 Å². The molecule has 0 bridgehead atoms. The summed E-state index contributed by atoms with van der Waals surface area (Å²) in [5.74, 6) is -1.07. The van der Waals surface area contributed by atoms with E-state index in [2.05, 4.69) is 9.47 Å². The van der Waals surface area contributed by atoms with Gasteiger partial charge < -0.3 is 9.47 Å². The SMILES string of the molecule is CCOC(=O)/C=C/C(=O)OCC.Cl. The van der Waals surface area contributed by atoms with Gasteiger partial charge in [0.1, 0.15) is 0 Å². The largest absolute Gasteiger partial charge is 0.463 e. The van der Waals surface area contributed by atoms with Gasteiger partial charge in [0.2, 0.25) is 0 Å². The van der Waals surface area contributed by atoms with E-state index in [1.165, 1.54) is 0 Å². The maximum atomic E-state index is 10.6. The minimum atomic E-state index is -0.537. The minimum absolute atomic E-state index is 0. The predicted molar refractivity (Wildman–Crippen MR) is 49.7 cm³/mol. The molecule has 0 N–H and O–H groups in total. The van der Waals surface area contributed by atoms with Crippen molar-refractivity contribution in [2.24, 2.45) is 0 Å². The maximum Gasteiger partial charge on any atom is 0.330 e. The molecule has 0 radical (unpaired) electrons. The fraction of sp³-hybridized carbons (Fsp3) is 0.500. The van der Waals surface area contributed by atoms with Crippen molar-refractivity contribution in [2.75, 3.05) is 13.2 Å². The van der Waals surface area contributed by atoms with Crippen LogP contribution in [0.15, 0.2) is 12.2 Å². The van der Waals surface area contributed by atoms with E-state index >= 15 is 0 Å². The van der Waals surface area contributed by atoms with Crippen molar-refractivity contribution in [1.82, 2.24) is 0 Å². The van der Waals surface area contributed by atoms with E-state index < -0.39 is 11.9 Å². The molecule has 0 fully saturated rings. The van der Waals surface area contributed by atoms with Gasteiger partial charge in [-0.2, -0.15) is 0 Å². The van der Waals surface area contributed by atoms with Gasteiger partial charge in [0.05, 0.1) is 13.2 Å². The predicted octanol–water partition coefficient (Wildman–Crippen LogP) is 1.09. The van der Waals surface area contributed by atoms with E-state index in [0.717, 1.165) is 12.2 Å². The summed E-state index contributed by atoms with van der Waals surface area (Å²) >= 11 is 0. The normalized spacial score (nSPS) is 9.08. The molecule has 5 heteroatoms. The average molecular weight is 209 g/mol. The summed E-state index contributed by atoms with van der Waals surface area (Å²) in [6, 6.07) is 0. The fourth-order valence-electron chi connectivity index (χ4n) is 0.517. The molecule has 0 spiro atoms. The van der Waals surface area contributed by atoms with Crippen LogP contribution >= 0.6 is 12.4 Å². The van der Waals surface area contributed by atoms with Gasteiger partial charge in [0.25, 0.3) is 0 Å². The van der Waals surface area contributed by atoms with Crippen molar-refractivity contribution in [3.63, 3.8) is 0 Å². The third-order valence-electron chi connectivity index (χ3n) is 0.929. The summed E-state index contributed by atoms with van der Waals surface area (Å²) in [6.07, 6.45) is 2.09. The van der Waals surface area contributed by atoms with Gasteiger partial charge in [-0.1, -0.05) is 0 Å². The van der Waals surface area contributed by atoms with Crippen LogP contribution in [-0.2, 0) is 19.1 Å². The van der Waals surface area contributed by atoms with Crippen LogP contribution in [0.25, 0.3) is 0 Å². The van der Waals surface area contributed by atoms with Crippen LogP contribution in [-0.4, -0.2) is 25.2 Å². The molecule has 0 saturated carbocycles. The monoisotopic (exact) mass is 208 g/mol. The van der Waals surface area contributed by atoms with E-state index in [-0.39, 0.29) is 12.4 Å². The minimum Gasteiger partial charge on any atom is -0.463 e. The molecular formula is C8H13ClO4. The summed E-state index contributed by atoms with van der Waals surface area (Å²) in [4.78, 5) is 21.3. The summed E-state index contributed by atoms with van der Waals surface area (Å²) in [6.45, 7) is 3.98. The Morgan fingerprint density at radius 2 is 1.31 bits per heavy atom. The second-order valence-electron chi connectivity index (χ2n) is 1.84. The van der Waals surface area contributed by atoms with Crippen LogP contribution in [0.4, 0.5) is 0 Å². The highest BCUT2D eigenvalue weighted by Gasteiger charge is 1.97. The second kappa shape index (κ2) is 9.06. The summed E-state index contributed by atoms with van der Waals surface area (Å²) < 4.78 is 9.07. The zero-order chi connectivity index (χ0) is 9.40. The molecule has 0 aromatic heterocycles. The second-order valence-corrected chi connectivity index (χ2v) is 1.84. The Balaban J connectivity index is 0. The first-order valence-corrected chi connectivity index (χ1v) is 3.72. The highest BCUT2D eigenvalue weighted by molar-refractivity contribution is 5.91. The quantitative estimate of drug-likeness (QED) is 0.513. The average Bonchev–Trinajstić information content (AvgIpc) is 2.02. The zero-order valence-corrected chi connectivity index (χ0v) is 8.43. The van der Waals surface area contributed by atoms with Gasteiger partial charge in [-0.15, -0.1) is 12.4 Å². The summed E-state index contributed by atoms with van der Waals surface area (Å²) in [5.41, 5.74) is 0. The van der Waals surface area contributed by atoms with Gasteiger partial charge in [0, 0.05) is 12.2 Å². The first-order valence-electron chi connectivity index (χ1n) is 3.72. The van der Waals surface area contributed by atoms with Crippen molar-refractivity contribution < 1.29 is 19.1 Å². The third-order valence-corrected chi connectivity index (χ3v) is 0.929. The number of halogens is 1. The Morgan fingerprint density at radius 3 is 1.54 bits per heavy atom. The molecule has 13 heavy (non-hydrogen) atoms.